The number of morpholine rings is 1. The minimum absolute atomic E-state index is 0.131. The number of amides is 1. The Kier molecular flexibility index (Phi) is 7.10. The number of rotatable bonds is 7. The van der Waals surface area contributed by atoms with Crippen molar-refractivity contribution in [1.82, 2.24) is 29.5 Å². The first-order valence-electron chi connectivity index (χ1n) is 13.4. The summed E-state index contributed by atoms with van der Waals surface area (Å²) in [5, 5.41) is 17.3. The van der Waals surface area contributed by atoms with Gasteiger partial charge in [0.15, 0.2) is 11.5 Å². The average Bonchev–Trinajstić information content (AvgIpc) is 3.35. The number of piperidine rings is 1. The number of ether oxygens (including phenoxy) is 3. The summed E-state index contributed by atoms with van der Waals surface area (Å²) < 4.78 is 18.8. The Hall–Kier alpha value is -4.78. The van der Waals surface area contributed by atoms with E-state index in [4.69, 9.17) is 14.2 Å². The maximum absolute atomic E-state index is 11.8. The second-order valence-electron chi connectivity index (χ2n) is 10.0. The molecular formula is C28H29N7O6. The van der Waals surface area contributed by atoms with E-state index >= 15 is 0 Å². The number of pyridine rings is 2. The summed E-state index contributed by atoms with van der Waals surface area (Å²) in [5.41, 5.74) is 3.63. The summed E-state index contributed by atoms with van der Waals surface area (Å²) in [5.74, 6) is 1.11. The Morgan fingerprint density at radius 1 is 1.07 bits per heavy atom. The van der Waals surface area contributed by atoms with Crippen LogP contribution >= 0.6 is 0 Å². The van der Waals surface area contributed by atoms with E-state index in [0.29, 0.717) is 43.4 Å². The van der Waals surface area contributed by atoms with Gasteiger partial charge in [-0.05, 0) is 37.6 Å². The number of anilines is 2. The van der Waals surface area contributed by atoms with Gasteiger partial charge >= 0.3 is 12.1 Å². The van der Waals surface area contributed by atoms with Crippen LogP contribution in [0.15, 0.2) is 49.1 Å². The fraction of sp³-hybridized carbons (Fsp3) is 0.357. The van der Waals surface area contributed by atoms with Crippen molar-refractivity contribution in [2.75, 3.05) is 25.1 Å². The van der Waals surface area contributed by atoms with Gasteiger partial charge in [0.2, 0.25) is 0 Å². The summed E-state index contributed by atoms with van der Waals surface area (Å²) in [6, 6.07) is 7.36. The molecule has 2 aliphatic heterocycles. The van der Waals surface area contributed by atoms with Crippen LogP contribution in [0.25, 0.3) is 16.6 Å². The lowest BCUT2D eigenvalue weighted by atomic mass is 9.92. The third-order valence-electron chi connectivity index (χ3n) is 7.16. The molecule has 4 aromatic heterocycles. The highest BCUT2D eigenvalue weighted by atomic mass is 16.5. The van der Waals surface area contributed by atoms with Gasteiger partial charge in [0.05, 0.1) is 56.0 Å². The van der Waals surface area contributed by atoms with Crippen LogP contribution in [0.4, 0.5) is 16.4 Å². The molecule has 2 aliphatic rings. The number of hydrogen-bond donors (Lipinski definition) is 2. The lowest BCUT2D eigenvalue weighted by molar-refractivity contribution is -0.0857. The fourth-order valence-corrected chi connectivity index (χ4v) is 5.38. The summed E-state index contributed by atoms with van der Waals surface area (Å²) >= 11 is 0. The first kappa shape index (κ1) is 26.4. The first-order chi connectivity index (χ1) is 19.9. The lowest BCUT2D eigenvalue weighted by Gasteiger charge is -2.46. The number of fused-ring (bicyclic) bond motifs is 3. The first-order valence-corrected chi connectivity index (χ1v) is 13.4. The van der Waals surface area contributed by atoms with E-state index in [0.717, 1.165) is 22.3 Å². The number of hydrogen-bond acceptors (Lipinski definition) is 10. The minimum atomic E-state index is -0.914. The van der Waals surface area contributed by atoms with Gasteiger partial charge in [-0.2, -0.15) is 5.10 Å². The molecule has 1 amide bonds. The second kappa shape index (κ2) is 11.0. The maximum Gasteiger partial charge on any atom is 0.407 e. The molecule has 2 saturated heterocycles. The van der Waals surface area contributed by atoms with Gasteiger partial charge in [-0.1, -0.05) is 0 Å². The van der Waals surface area contributed by atoms with Crippen LogP contribution in [-0.4, -0.2) is 84.6 Å². The van der Waals surface area contributed by atoms with Gasteiger partial charge in [0.25, 0.3) is 0 Å². The van der Waals surface area contributed by atoms with E-state index in [1.54, 1.807) is 17.6 Å². The number of carbonyl (C=O) groups is 2. The van der Waals surface area contributed by atoms with Gasteiger partial charge in [-0.15, -0.1) is 0 Å². The normalized spacial score (nSPS) is 20.0. The average molecular weight is 560 g/mol. The molecule has 0 spiro atoms. The topological polar surface area (TPSA) is 153 Å². The van der Waals surface area contributed by atoms with E-state index < -0.39 is 12.1 Å². The van der Waals surface area contributed by atoms with Gasteiger partial charge < -0.3 is 24.6 Å². The van der Waals surface area contributed by atoms with Gasteiger partial charge in [0.1, 0.15) is 17.7 Å². The van der Waals surface area contributed by atoms with Crippen molar-refractivity contribution in [2.45, 2.75) is 44.9 Å². The van der Waals surface area contributed by atoms with Crippen LogP contribution in [0.2, 0.25) is 0 Å². The standard InChI is InChI=1S/C28H29N7O6/c1-3-40-27(36)23-11-31-26(13-30-23)32-25-10-18-7-17(4-5-34(18)33-25)22-6-16(2)29-12-24(22)41-21-8-19-14-39-15-20(9-21)35(19)28(37)38/h4-7,10-13,19-21H,3,8-9,14-15H2,1-2H3,(H,37,38)(H,31,32,33). The number of aromatic nitrogens is 5. The quantitative estimate of drug-likeness (QED) is 0.319. The highest BCUT2D eigenvalue weighted by Gasteiger charge is 2.42. The number of nitrogens with zero attached hydrogens (tertiary/aromatic N) is 6. The van der Waals surface area contributed by atoms with Crippen molar-refractivity contribution in [3.63, 3.8) is 0 Å². The minimum Gasteiger partial charge on any atom is -0.488 e. The largest absolute Gasteiger partial charge is 0.488 e. The Morgan fingerprint density at radius 3 is 2.59 bits per heavy atom. The third kappa shape index (κ3) is 5.48. The summed E-state index contributed by atoms with van der Waals surface area (Å²) in [6.45, 7) is 4.66. The molecular weight excluding hydrogens is 530 g/mol. The molecule has 0 saturated carbocycles. The van der Waals surface area contributed by atoms with Crippen LogP contribution in [0.3, 0.4) is 0 Å². The van der Waals surface area contributed by atoms with Gasteiger partial charge in [-0.25, -0.2) is 24.1 Å². The van der Waals surface area contributed by atoms with Crippen molar-refractivity contribution in [2.24, 2.45) is 0 Å². The predicted molar refractivity (Wildman–Crippen MR) is 146 cm³/mol. The van der Waals surface area contributed by atoms with E-state index in [1.807, 2.05) is 37.4 Å². The van der Waals surface area contributed by atoms with E-state index in [-0.39, 0.29) is 30.5 Å². The predicted octanol–water partition coefficient (Wildman–Crippen LogP) is 3.70. The van der Waals surface area contributed by atoms with Crippen molar-refractivity contribution in [3.05, 3.63) is 60.4 Å². The van der Waals surface area contributed by atoms with E-state index in [9.17, 15) is 14.7 Å². The Labute approximate surface area is 235 Å². The second-order valence-corrected chi connectivity index (χ2v) is 10.0. The Bertz CT molecular complexity index is 1580. The SMILES string of the molecule is CCOC(=O)c1cnc(Nc2cc3cc(-c4cc(C)ncc4OC4CC5COCC(C4)N5C(=O)O)ccn3n2)cn1. The fourth-order valence-electron chi connectivity index (χ4n) is 5.38. The lowest BCUT2D eigenvalue weighted by Crippen LogP contribution is -2.60. The zero-order chi connectivity index (χ0) is 28.5. The highest BCUT2D eigenvalue weighted by Crippen LogP contribution is 2.35. The van der Waals surface area contributed by atoms with Crippen molar-refractivity contribution in [1.29, 1.82) is 0 Å². The van der Waals surface area contributed by atoms with Crippen molar-refractivity contribution in [3.8, 4) is 16.9 Å². The van der Waals surface area contributed by atoms with Crippen molar-refractivity contribution >= 4 is 29.2 Å². The van der Waals surface area contributed by atoms with Crippen LogP contribution in [0, 0.1) is 6.92 Å². The molecule has 2 N–H and O–H groups in total. The number of nitrogens with one attached hydrogen (secondary N) is 1. The molecule has 2 fully saturated rings. The Balaban J connectivity index is 1.21. The molecule has 212 valence electrons. The number of aryl methyl sites for hydroxylation is 1. The summed E-state index contributed by atoms with van der Waals surface area (Å²) in [6.07, 6.45) is 6.43. The zero-order valence-corrected chi connectivity index (χ0v) is 22.6. The molecule has 6 heterocycles. The third-order valence-corrected chi connectivity index (χ3v) is 7.16. The molecule has 13 heteroatoms. The van der Waals surface area contributed by atoms with Crippen LogP contribution < -0.4 is 10.1 Å². The highest BCUT2D eigenvalue weighted by molar-refractivity contribution is 5.87. The molecule has 2 unspecified atom stereocenters. The zero-order valence-electron chi connectivity index (χ0n) is 22.6. The molecule has 0 aromatic carbocycles. The molecule has 41 heavy (non-hydrogen) atoms. The number of carbonyl (C=O) groups excluding carboxylic acids is 1. The van der Waals surface area contributed by atoms with Crippen molar-refractivity contribution < 1.29 is 28.9 Å². The molecule has 13 nitrogen and oxygen atoms in total. The van der Waals surface area contributed by atoms with Gasteiger partial charge in [-0.3, -0.25) is 9.88 Å². The maximum atomic E-state index is 11.8. The van der Waals surface area contributed by atoms with E-state index in [1.165, 1.54) is 17.3 Å². The van der Waals surface area contributed by atoms with Gasteiger partial charge in [0, 0.05) is 36.4 Å². The monoisotopic (exact) mass is 559 g/mol. The number of carboxylic acid groups (broad SMARTS) is 1. The Morgan fingerprint density at radius 2 is 1.88 bits per heavy atom. The summed E-state index contributed by atoms with van der Waals surface area (Å²) in [7, 11) is 0. The number of esters is 1. The molecule has 6 rings (SSSR count). The van der Waals surface area contributed by atoms with E-state index in [2.05, 4.69) is 25.4 Å². The molecule has 2 atom stereocenters. The van der Waals surface area contributed by atoms with Crippen LogP contribution in [0.1, 0.15) is 35.9 Å². The molecule has 0 radical (unpaired) electrons. The smallest absolute Gasteiger partial charge is 0.407 e. The molecule has 0 aliphatic carbocycles. The summed E-state index contributed by atoms with van der Waals surface area (Å²) in [4.78, 5) is 37.9. The molecule has 4 aromatic rings. The van der Waals surface area contributed by atoms with Crippen LogP contribution in [0.5, 0.6) is 5.75 Å². The molecule has 2 bridgehead atoms. The van der Waals surface area contributed by atoms with Crippen LogP contribution in [-0.2, 0) is 9.47 Å².